The van der Waals surface area contributed by atoms with Crippen LogP contribution in [0.2, 0.25) is 0 Å². The van der Waals surface area contributed by atoms with Crippen molar-refractivity contribution in [2.24, 2.45) is 7.05 Å². The molecule has 0 fully saturated rings. The summed E-state index contributed by atoms with van der Waals surface area (Å²) in [5, 5.41) is 4.28. The van der Waals surface area contributed by atoms with Crippen molar-refractivity contribution in [1.82, 2.24) is 19.7 Å². The summed E-state index contributed by atoms with van der Waals surface area (Å²) >= 11 is 0. The Morgan fingerprint density at radius 3 is 3.00 bits per heavy atom. The van der Waals surface area contributed by atoms with Crippen LogP contribution in [-0.4, -0.2) is 32.1 Å². The highest BCUT2D eigenvalue weighted by atomic mass is 16.2. The van der Waals surface area contributed by atoms with Gasteiger partial charge in [-0.1, -0.05) is 13.3 Å². The fraction of sp³-hybridized carbons (Fsp3) is 0.471. The monoisotopic (exact) mass is 314 g/mol. The summed E-state index contributed by atoms with van der Waals surface area (Å²) < 4.78 is 1.88. The number of fused-ring (bicyclic) bond motifs is 1. The van der Waals surface area contributed by atoms with E-state index in [0.717, 1.165) is 36.9 Å². The molecule has 1 aliphatic rings. The molecular weight excluding hydrogens is 292 g/mol. The number of carbonyl (C=O) groups is 1. The van der Waals surface area contributed by atoms with Crippen molar-refractivity contribution >= 4 is 5.91 Å². The van der Waals surface area contributed by atoms with E-state index in [0.29, 0.717) is 18.7 Å². The van der Waals surface area contributed by atoms with Gasteiger partial charge in [-0.3, -0.25) is 14.3 Å². The third-order valence-electron chi connectivity index (χ3n) is 4.30. The summed E-state index contributed by atoms with van der Waals surface area (Å²) in [5.74, 6) is -0.0786. The molecule has 1 N–H and O–H groups in total. The predicted molar refractivity (Wildman–Crippen MR) is 87.3 cm³/mol. The lowest BCUT2D eigenvalue weighted by atomic mass is 10.1. The first kappa shape index (κ1) is 15.5. The minimum Gasteiger partial charge on any atom is -0.334 e. The maximum absolute atomic E-state index is 12.8. The molecule has 0 bridgehead atoms. The average molecular weight is 314 g/mol. The zero-order valence-corrected chi connectivity index (χ0v) is 13.6. The molecule has 2 aromatic rings. The molecule has 0 aromatic carbocycles. The molecule has 0 aliphatic carbocycles. The first-order valence-electron chi connectivity index (χ1n) is 8.10. The molecule has 3 rings (SSSR count). The van der Waals surface area contributed by atoms with Crippen LogP contribution in [0.5, 0.6) is 0 Å². The number of hydrogen-bond acceptors (Lipinski definition) is 3. The van der Waals surface area contributed by atoms with Gasteiger partial charge < -0.3 is 9.88 Å². The summed E-state index contributed by atoms with van der Waals surface area (Å²) in [4.78, 5) is 29.2. The second kappa shape index (κ2) is 6.40. The van der Waals surface area contributed by atoms with Crippen LogP contribution >= 0.6 is 0 Å². The molecule has 6 heteroatoms. The molecule has 0 saturated carbocycles. The first-order valence-corrected chi connectivity index (χ1v) is 8.10. The van der Waals surface area contributed by atoms with Crippen LogP contribution in [0.3, 0.4) is 0 Å². The molecule has 122 valence electrons. The van der Waals surface area contributed by atoms with Gasteiger partial charge in [-0.05, 0) is 25.3 Å². The van der Waals surface area contributed by atoms with E-state index in [1.807, 2.05) is 35.8 Å². The zero-order valence-electron chi connectivity index (χ0n) is 13.6. The highest BCUT2D eigenvalue weighted by Crippen LogP contribution is 2.19. The smallest absolute Gasteiger partial charge is 0.254 e. The van der Waals surface area contributed by atoms with Gasteiger partial charge in [0.25, 0.3) is 5.91 Å². The molecule has 1 aliphatic heterocycles. The number of rotatable bonds is 3. The maximum Gasteiger partial charge on any atom is 0.254 e. The van der Waals surface area contributed by atoms with Crippen molar-refractivity contribution in [1.29, 1.82) is 0 Å². The van der Waals surface area contributed by atoms with Gasteiger partial charge in [0.15, 0.2) is 0 Å². The molecular formula is C17H22N4O2. The van der Waals surface area contributed by atoms with Gasteiger partial charge in [0.2, 0.25) is 5.56 Å². The fourth-order valence-corrected chi connectivity index (χ4v) is 3.17. The number of pyridine rings is 1. The third-order valence-corrected chi connectivity index (χ3v) is 4.30. The van der Waals surface area contributed by atoms with Crippen LogP contribution in [0.1, 0.15) is 47.1 Å². The standard InChI is InChI=1S/C17H22N4O2/c1-3-5-14-8-12(9-16(22)19-14)17(23)21-7-4-6-15-13(11-21)10-18-20(15)2/h8-10H,3-7,11H2,1-2H3,(H,19,22). The van der Waals surface area contributed by atoms with Crippen molar-refractivity contribution in [3.8, 4) is 0 Å². The molecule has 0 saturated heterocycles. The zero-order chi connectivity index (χ0) is 16.4. The number of nitrogens with one attached hydrogen (secondary N) is 1. The van der Waals surface area contributed by atoms with Crippen molar-refractivity contribution in [3.63, 3.8) is 0 Å². The Kier molecular flexibility index (Phi) is 4.32. The highest BCUT2D eigenvalue weighted by Gasteiger charge is 2.22. The summed E-state index contributed by atoms with van der Waals surface area (Å²) in [5.41, 5.74) is 3.37. The summed E-state index contributed by atoms with van der Waals surface area (Å²) in [6.45, 7) is 3.30. The molecule has 0 radical (unpaired) electrons. The van der Waals surface area contributed by atoms with Gasteiger partial charge in [0.05, 0.1) is 6.20 Å². The lowest BCUT2D eigenvalue weighted by Gasteiger charge is -2.20. The molecule has 0 unspecified atom stereocenters. The van der Waals surface area contributed by atoms with Crippen LogP contribution in [0, 0.1) is 0 Å². The predicted octanol–water partition coefficient (Wildman–Crippen LogP) is 1.65. The van der Waals surface area contributed by atoms with E-state index in [1.54, 1.807) is 0 Å². The summed E-state index contributed by atoms with van der Waals surface area (Å²) in [7, 11) is 1.93. The quantitative estimate of drug-likeness (QED) is 0.936. The van der Waals surface area contributed by atoms with Crippen LogP contribution in [0.15, 0.2) is 23.1 Å². The number of H-pyrrole nitrogens is 1. The van der Waals surface area contributed by atoms with Crippen molar-refractivity contribution < 1.29 is 4.79 Å². The number of nitrogens with zero attached hydrogens (tertiary/aromatic N) is 3. The topological polar surface area (TPSA) is 71.0 Å². The van der Waals surface area contributed by atoms with Crippen LogP contribution in [-0.2, 0) is 26.4 Å². The van der Waals surface area contributed by atoms with Crippen LogP contribution in [0.25, 0.3) is 0 Å². The second-order valence-corrected chi connectivity index (χ2v) is 6.08. The molecule has 1 amide bonds. The normalized spacial score (nSPS) is 14.4. The Labute approximate surface area is 135 Å². The fourth-order valence-electron chi connectivity index (χ4n) is 3.17. The lowest BCUT2D eigenvalue weighted by Crippen LogP contribution is -2.31. The van der Waals surface area contributed by atoms with Crippen LogP contribution in [0.4, 0.5) is 0 Å². The number of carbonyl (C=O) groups excluding carboxylic acids is 1. The molecule has 23 heavy (non-hydrogen) atoms. The Bertz CT molecular complexity index is 775. The number of aromatic amines is 1. The number of amides is 1. The Balaban J connectivity index is 1.87. The second-order valence-electron chi connectivity index (χ2n) is 6.08. The average Bonchev–Trinajstić information content (AvgIpc) is 2.74. The molecule has 2 aromatic heterocycles. The number of aryl methyl sites for hydroxylation is 2. The number of aromatic nitrogens is 3. The lowest BCUT2D eigenvalue weighted by molar-refractivity contribution is 0.0745. The van der Waals surface area contributed by atoms with Gasteiger partial charge >= 0.3 is 0 Å². The van der Waals surface area contributed by atoms with Gasteiger partial charge in [-0.15, -0.1) is 0 Å². The Morgan fingerprint density at radius 2 is 2.22 bits per heavy atom. The van der Waals surface area contributed by atoms with E-state index in [-0.39, 0.29) is 11.5 Å². The molecule has 6 nitrogen and oxygen atoms in total. The Morgan fingerprint density at radius 1 is 1.39 bits per heavy atom. The van der Waals surface area contributed by atoms with E-state index < -0.39 is 0 Å². The van der Waals surface area contributed by atoms with Crippen molar-refractivity contribution in [2.45, 2.75) is 39.2 Å². The minimum absolute atomic E-state index is 0.0786. The number of hydrogen-bond donors (Lipinski definition) is 1. The van der Waals surface area contributed by atoms with Gasteiger partial charge in [-0.2, -0.15) is 5.10 Å². The van der Waals surface area contributed by atoms with Crippen LogP contribution < -0.4 is 5.56 Å². The van der Waals surface area contributed by atoms with Gasteiger partial charge in [0, 0.05) is 48.7 Å². The molecule has 0 spiro atoms. The van der Waals surface area contributed by atoms with E-state index in [9.17, 15) is 9.59 Å². The first-order chi connectivity index (χ1) is 11.1. The third kappa shape index (κ3) is 3.21. The minimum atomic E-state index is -0.212. The van der Waals surface area contributed by atoms with E-state index in [2.05, 4.69) is 10.1 Å². The maximum atomic E-state index is 12.8. The van der Waals surface area contributed by atoms with Crippen molar-refractivity contribution in [2.75, 3.05) is 6.54 Å². The van der Waals surface area contributed by atoms with E-state index in [1.165, 1.54) is 11.8 Å². The SMILES string of the molecule is CCCc1cc(C(=O)N2CCCc3c(cnn3C)C2)cc(=O)[nH]1. The van der Waals surface area contributed by atoms with Gasteiger partial charge in [0.1, 0.15) is 0 Å². The van der Waals surface area contributed by atoms with E-state index in [4.69, 9.17) is 0 Å². The van der Waals surface area contributed by atoms with Gasteiger partial charge in [-0.25, -0.2) is 0 Å². The van der Waals surface area contributed by atoms with E-state index >= 15 is 0 Å². The van der Waals surface area contributed by atoms with Crippen molar-refractivity contribution in [3.05, 3.63) is 51.2 Å². The Hall–Kier alpha value is -2.37. The summed E-state index contributed by atoms with van der Waals surface area (Å²) in [6.07, 6.45) is 5.36. The largest absolute Gasteiger partial charge is 0.334 e. The summed E-state index contributed by atoms with van der Waals surface area (Å²) in [6, 6.07) is 3.21. The highest BCUT2D eigenvalue weighted by molar-refractivity contribution is 5.94. The molecule has 0 atom stereocenters. The molecule has 3 heterocycles.